The monoisotopic (exact) mass is 782 g/mol. The van der Waals surface area contributed by atoms with Gasteiger partial charge in [0, 0.05) is 53.3 Å². The second kappa shape index (κ2) is 14.0. The molecule has 0 amide bonds. The van der Waals surface area contributed by atoms with Crippen molar-refractivity contribution in [1.29, 1.82) is 0 Å². The lowest BCUT2D eigenvalue weighted by molar-refractivity contribution is 1.07. The zero-order valence-corrected chi connectivity index (χ0v) is 33.1. The summed E-state index contributed by atoms with van der Waals surface area (Å²) in [6.07, 6.45) is 0. The molecular weight excluding hydrogens is 749 g/mol. The van der Waals surface area contributed by atoms with Gasteiger partial charge in [0.15, 0.2) is 17.5 Å². The molecule has 0 aliphatic heterocycles. The summed E-state index contributed by atoms with van der Waals surface area (Å²) in [5, 5.41) is 7.41. The third-order valence-electron chi connectivity index (χ3n) is 11.6. The van der Waals surface area contributed by atoms with Crippen molar-refractivity contribution in [3.8, 4) is 62.1 Å². The van der Waals surface area contributed by atoms with Crippen molar-refractivity contribution in [3.05, 3.63) is 206 Å². The van der Waals surface area contributed by atoms with E-state index >= 15 is 0 Å². The Labute approximate surface area is 350 Å². The number of fused-ring (bicyclic) bond motifs is 7. The van der Waals surface area contributed by atoms with Crippen molar-refractivity contribution in [2.75, 3.05) is 0 Å². The Morgan fingerprint density at radius 3 is 1.75 bits per heavy atom. The van der Waals surface area contributed by atoms with Gasteiger partial charge in [-0.1, -0.05) is 164 Å². The zero-order valence-electron chi connectivity index (χ0n) is 32.3. The van der Waals surface area contributed by atoms with Crippen molar-refractivity contribution in [2.45, 2.75) is 0 Å². The molecule has 0 radical (unpaired) electrons. The van der Waals surface area contributed by atoms with Crippen LogP contribution in [0.1, 0.15) is 0 Å². The maximum absolute atomic E-state index is 5.23. The van der Waals surface area contributed by atoms with Gasteiger partial charge in [0.05, 0.1) is 11.0 Å². The smallest absolute Gasteiger partial charge is 0.164 e. The van der Waals surface area contributed by atoms with Gasteiger partial charge in [-0.25, -0.2) is 15.0 Å². The van der Waals surface area contributed by atoms with Crippen molar-refractivity contribution < 1.29 is 0 Å². The Bertz CT molecular complexity index is 3620. The Balaban J connectivity index is 0.989. The van der Waals surface area contributed by atoms with E-state index in [1.54, 1.807) is 0 Å². The largest absolute Gasteiger partial charge is 0.309 e. The summed E-state index contributed by atoms with van der Waals surface area (Å²) in [4.78, 5) is 15.5. The fraction of sp³-hybridized carbons (Fsp3) is 0. The van der Waals surface area contributed by atoms with Gasteiger partial charge in [-0.2, -0.15) is 0 Å². The number of hydrogen-bond acceptors (Lipinski definition) is 4. The number of benzene rings is 9. The molecule has 280 valence electrons. The van der Waals surface area contributed by atoms with Gasteiger partial charge in [0.25, 0.3) is 0 Å². The average Bonchev–Trinajstić information content (AvgIpc) is 3.87. The molecule has 60 heavy (non-hydrogen) atoms. The summed E-state index contributed by atoms with van der Waals surface area (Å²) in [5.41, 5.74) is 10.8. The first-order valence-electron chi connectivity index (χ1n) is 20.2. The summed E-state index contributed by atoms with van der Waals surface area (Å²) in [6.45, 7) is 0. The maximum Gasteiger partial charge on any atom is 0.164 e. The fourth-order valence-corrected chi connectivity index (χ4v) is 9.97. The lowest BCUT2D eigenvalue weighted by Crippen LogP contribution is -2.00. The van der Waals surface area contributed by atoms with Gasteiger partial charge >= 0.3 is 0 Å². The minimum Gasteiger partial charge on any atom is -0.309 e. The Hall–Kier alpha value is -7.73. The highest BCUT2D eigenvalue weighted by Gasteiger charge is 2.18. The van der Waals surface area contributed by atoms with Crippen LogP contribution in [-0.2, 0) is 0 Å². The molecule has 0 N–H and O–H groups in total. The van der Waals surface area contributed by atoms with E-state index in [1.165, 1.54) is 52.8 Å². The molecule has 0 spiro atoms. The molecule has 12 aromatic rings. The SMILES string of the molecule is c1ccc(-c2nc(-c3cccc(-c4cccc(-c5cccc6c5sc5ccccc56)c4)c3)nc(-c3ccc4c5ccccc5n(-c5ccc6ccccc6c5)c4c3)n2)cc1. The molecule has 0 fully saturated rings. The normalized spacial score (nSPS) is 11.7. The van der Waals surface area contributed by atoms with Gasteiger partial charge in [-0.05, 0) is 75.5 Å². The quantitative estimate of drug-likeness (QED) is 0.169. The van der Waals surface area contributed by atoms with Crippen LogP contribution in [-0.4, -0.2) is 19.5 Å². The minimum atomic E-state index is 0.625. The van der Waals surface area contributed by atoms with E-state index in [1.807, 2.05) is 29.5 Å². The summed E-state index contributed by atoms with van der Waals surface area (Å²) < 4.78 is 4.98. The van der Waals surface area contributed by atoms with Crippen LogP contribution < -0.4 is 0 Å². The number of nitrogens with zero attached hydrogens (tertiary/aromatic N) is 4. The van der Waals surface area contributed by atoms with Gasteiger partial charge in [-0.3, -0.25) is 0 Å². The first kappa shape index (κ1) is 34.3. The molecular formula is C55H34N4S. The molecule has 3 heterocycles. The molecule has 4 nitrogen and oxygen atoms in total. The first-order chi connectivity index (χ1) is 29.7. The van der Waals surface area contributed by atoms with Crippen LogP contribution in [0.25, 0.3) is 115 Å². The highest BCUT2D eigenvalue weighted by molar-refractivity contribution is 7.26. The number of thiophene rings is 1. The highest BCUT2D eigenvalue weighted by atomic mass is 32.1. The number of hydrogen-bond donors (Lipinski definition) is 0. The highest BCUT2D eigenvalue weighted by Crippen LogP contribution is 2.41. The number of rotatable bonds is 6. The van der Waals surface area contributed by atoms with Crippen LogP contribution in [0.5, 0.6) is 0 Å². The van der Waals surface area contributed by atoms with E-state index < -0.39 is 0 Å². The van der Waals surface area contributed by atoms with Crippen LogP contribution >= 0.6 is 11.3 Å². The number of aromatic nitrogens is 4. The Morgan fingerprint density at radius 1 is 0.333 bits per heavy atom. The van der Waals surface area contributed by atoms with Gasteiger partial charge in [0.2, 0.25) is 0 Å². The van der Waals surface area contributed by atoms with Crippen molar-refractivity contribution >= 4 is 64.1 Å². The van der Waals surface area contributed by atoms with E-state index in [9.17, 15) is 0 Å². The Morgan fingerprint density at radius 2 is 0.917 bits per heavy atom. The molecule has 0 atom stereocenters. The van der Waals surface area contributed by atoms with E-state index in [-0.39, 0.29) is 0 Å². The minimum absolute atomic E-state index is 0.625. The standard InChI is InChI=1S/C55H34N4S/c1-2-14-36(15-3-1)53-56-54(41-20-11-18-38(32-41)37-17-10-19-40(31-37)44-23-12-24-48-47-22-7-9-26-51(47)60-52(44)48)58-55(57-53)42-28-30-46-45-21-6-8-25-49(45)59(50(46)34-42)43-29-27-35-13-4-5-16-39(35)33-43/h1-34H. The lowest BCUT2D eigenvalue weighted by Gasteiger charge is -2.12. The first-order valence-corrected chi connectivity index (χ1v) is 21.0. The molecule has 0 aliphatic rings. The average molecular weight is 783 g/mol. The molecule has 9 aromatic carbocycles. The third kappa shape index (κ3) is 5.78. The second-order valence-electron chi connectivity index (χ2n) is 15.2. The summed E-state index contributed by atoms with van der Waals surface area (Å²) >= 11 is 1.86. The zero-order chi connectivity index (χ0) is 39.6. The van der Waals surface area contributed by atoms with Crippen molar-refractivity contribution in [2.24, 2.45) is 0 Å². The molecule has 0 saturated carbocycles. The van der Waals surface area contributed by atoms with Crippen LogP contribution in [0.4, 0.5) is 0 Å². The van der Waals surface area contributed by atoms with Crippen LogP contribution in [0.3, 0.4) is 0 Å². The molecule has 0 bridgehead atoms. The predicted molar refractivity (Wildman–Crippen MR) is 252 cm³/mol. The summed E-state index contributed by atoms with van der Waals surface area (Å²) in [6, 6.07) is 73.4. The van der Waals surface area contributed by atoms with Crippen LogP contribution in [0, 0.1) is 0 Å². The summed E-state index contributed by atoms with van der Waals surface area (Å²) in [5.74, 6) is 1.89. The van der Waals surface area contributed by atoms with Crippen molar-refractivity contribution in [3.63, 3.8) is 0 Å². The van der Waals surface area contributed by atoms with E-state index in [2.05, 4.69) is 193 Å². The van der Waals surface area contributed by atoms with Gasteiger partial charge < -0.3 is 4.57 Å². The molecule has 0 aliphatic carbocycles. The fourth-order valence-electron chi connectivity index (χ4n) is 8.73. The van der Waals surface area contributed by atoms with Crippen LogP contribution in [0.15, 0.2) is 206 Å². The molecule has 12 rings (SSSR count). The van der Waals surface area contributed by atoms with Crippen LogP contribution in [0.2, 0.25) is 0 Å². The summed E-state index contributed by atoms with van der Waals surface area (Å²) in [7, 11) is 0. The van der Waals surface area contributed by atoms with E-state index in [4.69, 9.17) is 15.0 Å². The van der Waals surface area contributed by atoms with Gasteiger partial charge in [-0.15, -0.1) is 11.3 Å². The second-order valence-corrected chi connectivity index (χ2v) is 16.3. The van der Waals surface area contributed by atoms with E-state index in [0.717, 1.165) is 44.5 Å². The maximum atomic E-state index is 5.23. The van der Waals surface area contributed by atoms with Crippen molar-refractivity contribution in [1.82, 2.24) is 19.5 Å². The third-order valence-corrected chi connectivity index (χ3v) is 12.8. The predicted octanol–water partition coefficient (Wildman–Crippen LogP) is 14.8. The molecule has 0 saturated heterocycles. The van der Waals surface area contributed by atoms with E-state index in [0.29, 0.717) is 17.5 Å². The lowest BCUT2D eigenvalue weighted by atomic mass is 9.97. The number of para-hydroxylation sites is 1. The molecule has 5 heteroatoms. The van der Waals surface area contributed by atoms with Gasteiger partial charge in [0.1, 0.15) is 0 Å². The topological polar surface area (TPSA) is 43.6 Å². The Kier molecular flexibility index (Phi) is 8.00. The molecule has 0 unspecified atom stereocenters. The molecule has 3 aromatic heterocycles.